The maximum atomic E-state index is 12.3. The number of hydrogen-bond donors (Lipinski definition) is 2. The molecule has 0 unspecified atom stereocenters. The van der Waals surface area contributed by atoms with Gasteiger partial charge in [-0.3, -0.25) is 19.3 Å². The van der Waals surface area contributed by atoms with Gasteiger partial charge in [0.1, 0.15) is 6.54 Å². The van der Waals surface area contributed by atoms with Gasteiger partial charge >= 0.3 is 0 Å². The molecule has 1 aliphatic rings. The third-order valence-electron chi connectivity index (χ3n) is 4.38. The van der Waals surface area contributed by atoms with Crippen LogP contribution in [-0.2, 0) is 4.79 Å². The minimum atomic E-state index is -0.501. The van der Waals surface area contributed by atoms with Crippen LogP contribution >= 0.6 is 28.3 Å². The second-order valence-corrected chi connectivity index (χ2v) is 6.54. The standard InChI is InChI=1S/C16H20BrN3O3.ClH/c1-3-16(4-2,9-18)19-13(21)8-20-14(22)11-6-5-10(17)7-12(11)15(20)23;/h5-7H,3-4,8-9,18H2,1-2H3,(H,19,21);1H. The smallest absolute Gasteiger partial charge is 0.262 e. The Morgan fingerprint density at radius 3 is 2.33 bits per heavy atom. The second-order valence-electron chi connectivity index (χ2n) is 5.63. The van der Waals surface area contributed by atoms with Crippen LogP contribution in [0.2, 0.25) is 0 Å². The maximum absolute atomic E-state index is 12.3. The summed E-state index contributed by atoms with van der Waals surface area (Å²) in [5, 5.41) is 2.87. The van der Waals surface area contributed by atoms with Gasteiger partial charge in [0.25, 0.3) is 11.8 Å². The molecule has 0 aromatic heterocycles. The molecule has 1 aromatic carbocycles. The third kappa shape index (κ3) is 3.79. The molecule has 1 aromatic rings. The highest BCUT2D eigenvalue weighted by atomic mass is 79.9. The van der Waals surface area contributed by atoms with E-state index >= 15 is 0 Å². The Hall–Kier alpha value is -1.44. The summed E-state index contributed by atoms with van der Waals surface area (Å²) in [5.74, 6) is -1.28. The molecule has 24 heavy (non-hydrogen) atoms. The van der Waals surface area contributed by atoms with Crippen LogP contribution in [0.25, 0.3) is 0 Å². The number of nitrogens with zero attached hydrogens (tertiary/aromatic N) is 1. The average molecular weight is 419 g/mol. The molecule has 3 N–H and O–H groups in total. The highest BCUT2D eigenvalue weighted by Crippen LogP contribution is 2.26. The SMILES string of the molecule is CCC(CC)(CN)NC(=O)CN1C(=O)c2ccc(Br)cc2C1=O.Cl. The zero-order chi connectivity index (χ0) is 17.2. The summed E-state index contributed by atoms with van der Waals surface area (Å²) in [6.45, 7) is 3.89. The van der Waals surface area contributed by atoms with Gasteiger partial charge in [-0.1, -0.05) is 29.8 Å². The Bertz CT molecular complexity index is 654. The van der Waals surface area contributed by atoms with Crippen LogP contribution < -0.4 is 11.1 Å². The van der Waals surface area contributed by atoms with E-state index in [0.717, 1.165) is 4.90 Å². The van der Waals surface area contributed by atoms with Gasteiger partial charge in [-0.25, -0.2) is 0 Å². The van der Waals surface area contributed by atoms with Crippen molar-refractivity contribution in [1.29, 1.82) is 0 Å². The third-order valence-corrected chi connectivity index (χ3v) is 4.88. The summed E-state index contributed by atoms with van der Waals surface area (Å²) < 4.78 is 0.711. The van der Waals surface area contributed by atoms with Crippen LogP contribution in [0, 0.1) is 0 Å². The van der Waals surface area contributed by atoms with Crippen molar-refractivity contribution in [2.75, 3.05) is 13.1 Å². The first-order valence-electron chi connectivity index (χ1n) is 7.54. The van der Waals surface area contributed by atoms with Crippen LogP contribution in [0.4, 0.5) is 0 Å². The predicted molar refractivity (Wildman–Crippen MR) is 97.3 cm³/mol. The highest BCUT2D eigenvalue weighted by molar-refractivity contribution is 9.10. The molecule has 3 amide bonds. The van der Waals surface area contributed by atoms with Gasteiger partial charge in [0.2, 0.25) is 5.91 Å². The number of nitrogens with two attached hydrogens (primary N) is 1. The number of carbonyl (C=O) groups excluding carboxylic acids is 3. The molecular formula is C16H21BrClN3O3. The molecule has 6 nitrogen and oxygen atoms in total. The lowest BCUT2D eigenvalue weighted by atomic mass is 9.93. The summed E-state index contributed by atoms with van der Waals surface area (Å²) in [4.78, 5) is 37.9. The normalized spacial score (nSPS) is 13.6. The molecule has 0 bridgehead atoms. The molecule has 0 saturated carbocycles. The molecule has 0 aliphatic carbocycles. The Labute approximate surface area is 155 Å². The molecule has 0 fully saturated rings. The van der Waals surface area contributed by atoms with Crippen LogP contribution in [0.15, 0.2) is 22.7 Å². The molecule has 0 atom stereocenters. The molecule has 0 radical (unpaired) electrons. The van der Waals surface area contributed by atoms with E-state index in [1.807, 2.05) is 13.8 Å². The number of carbonyl (C=O) groups is 3. The summed E-state index contributed by atoms with van der Waals surface area (Å²) in [7, 11) is 0. The zero-order valence-electron chi connectivity index (χ0n) is 13.6. The van der Waals surface area contributed by atoms with Crippen LogP contribution in [0.5, 0.6) is 0 Å². The van der Waals surface area contributed by atoms with Gasteiger partial charge in [-0.15, -0.1) is 12.4 Å². The van der Waals surface area contributed by atoms with Crippen molar-refractivity contribution in [2.45, 2.75) is 32.2 Å². The quantitative estimate of drug-likeness (QED) is 0.692. The molecule has 0 saturated heterocycles. The van der Waals surface area contributed by atoms with E-state index in [9.17, 15) is 14.4 Å². The molecule has 2 rings (SSSR count). The Morgan fingerprint density at radius 1 is 1.21 bits per heavy atom. The minimum Gasteiger partial charge on any atom is -0.348 e. The number of rotatable bonds is 6. The van der Waals surface area contributed by atoms with Crippen molar-refractivity contribution in [1.82, 2.24) is 10.2 Å². The largest absolute Gasteiger partial charge is 0.348 e. The fraction of sp³-hybridized carbons (Fsp3) is 0.438. The number of fused-ring (bicyclic) bond motifs is 1. The van der Waals surface area contributed by atoms with E-state index < -0.39 is 17.4 Å². The molecule has 1 aliphatic heterocycles. The first-order valence-corrected chi connectivity index (χ1v) is 8.33. The lowest BCUT2D eigenvalue weighted by molar-refractivity contribution is -0.123. The van der Waals surface area contributed by atoms with Gasteiger partial charge < -0.3 is 11.1 Å². The van der Waals surface area contributed by atoms with Crippen LogP contribution in [0.3, 0.4) is 0 Å². The zero-order valence-corrected chi connectivity index (χ0v) is 16.0. The van der Waals surface area contributed by atoms with Crippen molar-refractivity contribution in [3.8, 4) is 0 Å². The fourth-order valence-electron chi connectivity index (χ4n) is 2.65. The average Bonchev–Trinajstić information content (AvgIpc) is 2.77. The molecule has 132 valence electrons. The molecule has 0 spiro atoms. The summed E-state index contributed by atoms with van der Waals surface area (Å²) in [6.07, 6.45) is 1.36. The first-order chi connectivity index (χ1) is 10.9. The van der Waals surface area contributed by atoms with E-state index in [-0.39, 0.29) is 24.9 Å². The summed E-state index contributed by atoms with van der Waals surface area (Å²) in [5.41, 5.74) is 5.89. The minimum absolute atomic E-state index is 0. The van der Waals surface area contributed by atoms with Gasteiger partial charge in [0, 0.05) is 11.0 Å². The van der Waals surface area contributed by atoms with Crippen molar-refractivity contribution in [3.63, 3.8) is 0 Å². The van der Waals surface area contributed by atoms with Gasteiger partial charge in [-0.05, 0) is 31.0 Å². The van der Waals surface area contributed by atoms with Crippen molar-refractivity contribution < 1.29 is 14.4 Å². The molecule has 8 heteroatoms. The summed E-state index contributed by atoms with van der Waals surface area (Å²) >= 11 is 3.28. The van der Waals surface area contributed by atoms with Gasteiger partial charge in [-0.2, -0.15) is 0 Å². The lowest BCUT2D eigenvalue weighted by Crippen LogP contribution is -2.55. The predicted octanol–water partition coefficient (Wildman–Crippen LogP) is 2.10. The van der Waals surface area contributed by atoms with Crippen molar-refractivity contribution >= 4 is 46.1 Å². The van der Waals surface area contributed by atoms with Crippen LogP contribution in [-0.4, -0.2) is 41.2 Å². The Morgan fingerprint density at radius 2 is 1.79 bits per heavy atom. The van der Waals surface area contributed by atoms with E-state index in [2.05, 4.69) is 21.2 Å². The maximum Gasteiger partial charge on any atom is 0.262 e. The van der Waals surface area contributed by atoms with Crippen LogP contribution in [0.1, 0.15) is 47.4 Å². The van der Waals surface area contributed by atoms with Crippen molar-refractivity contribution in [2.24, 2.45) is 5.73 Å². The highest BCUT2D eigenvalue weighted by Gasteiger charge is 2.37. The monoisotopic (exact) mass is 417 g/mol. The van der Waals surface area contributed by atoms with E-state index in [4.69, 9.17) is 5.73 Å². The lowest BCUT2D eigenvalue weighted by Gasteiger charge is -2.32. The Kier molecular flexibility index (Phi) is 6.95. The Balaban J connectivity index is 0.00000288. The summed E-state index contributed by atoms with van der Waals surface area (Å²) in [6, 6.07) is 4.87. The number of nitrogens with one attached hydrogen (secondary N) is 1. The van der Waals surface area contributed by atoms with Crippen molar-refractivity contribution in [3.05, 3.63) is 33.8 Å². The first kappa shape index (κ1) is 20.6. The fourth-order valence-corrected chi connectivity index (χ4v) is 3.01. The number of imide groups is 1. The molecule has 1 heterocycles. The number of amides is 3. The van der Waals surface area contributed by atoms with E-state index in [1.54, 1.807) is 18.2 Å². The van der Waals surface area contributed by atoms with E-state index in [0.29, 0.717) is 35.0 Å². The number of halogens is 2. The second kappa shape index (κ2) is 8.09. The van der Waals surface area contributed by atoms with E-state index in [1.165, 1.54) is 0 Å². The van der Waals surface area contributed by atoms with Gasteiger partial charge in [0.05, 0.1) is 16.7 Å². The number of benzene rings is 1. The number of hydrogen-bond acceptors (Lipinski definition) is 4. The molecular weight excluding hydrogens is 398 g/mol. The van der Waals surface area contributed by atoms with Gasteiger partial charge in [0.15, 0.2) is 0 Å². The topological polar surface area (TPSA) is 92.5 Å².